The summed E-state index contributed by atoms with van der Waals surface area (Å²) < 4.78 is 1.50. The molecule has 1 aliphatic heterocycles. The number of fused-ring (bicyclic) bond motifs is 2. The molecule has 1 aliphatic rings. The number of thioether (sulfide) groups is 1. The molecule has 0 saturated heterocycles. The molecule has 7 nitrogen and oxygen atoms in total. The lowest BCUT2D eigenvalue weighted by molar-refractivity contribution is -0.116. The molecule has 2 aromatic heterocycles. The van der Waals surface area contributed by atoms with Crippen molar-refractivity contribution in [1.82, 2.24) is 19.6 Å². The molecule has 31 heavy (non-hydrogen) atoms. The monoisotopic (exact) mass is 451 g/mol. The van der Waals surface area contributed by atoms with E-state index < -0.39 is 0 Å². The predicted octanol–water partition coefficient (Wildman–Crippen LogP) is 3.81. The molecule has 0 aliphatic carbocycles. The van der Waals surface area contributed by atoms with Gasteiger partial charge in [0.1, 0.15) is 0 Å². The van der Waals surface area contributed by atoms with Crippen LogP contribution in [0.25, 0.3) is 17.0 Å². The molecule has 156 valence electrons. The van der Waals surface area contributed by atoms with E-state index in [2.05, 4.69) is 21.1 Å². The van der Waals surface area contributed by atoms with Gasteiger partial charge in [-0.1, -0.05) is 53.7 Å². The number of rotatable bonds is 4. The summed E-state index contributed by atoms with van der Waals surface area (Å²) in [6.45, 7) is 2.05. The summed E-state index contributed by atoms with van der Waals surface area (Å²) in [5.74, 6) is 0.565. The Morgan fingerprint density at radius 3 is 2.81 bits per heavy atom. The zero-order chi connectivity index (χ0) is 21.5. The summed E-state index contributed by atoms with van der Waals surface area (Å²) in [6, 6.07) is 16.7. The Kier molecular flexibility index (Phi) is 5.03. The summed E-state index contributed by atoms with van der Waals surface area (Å²) in [4.78, 5) is 35.9. The van der Waals surface area contributed by atoms with Crippen molar-refractivity contribution in [2.45, 2.75) is 24.5 Å². The topological polar surface area (TPSA) is 83.4 Å². The van der Waals surface area contributed by atoms with Gasteiger partial charge in [0.15, 0.2) is 16.6 Å². The van der Waals surface area contributed by atoms with Crippen LogP contribution in [0.2, 0.25) is 5.02 Å². The van der Waals surface area contributed by atoms with Crippen LogP contribution < -0.4 is 10.5 Å². The molecule has 4 aromatic rings. The van der Waals surface area contributed by atoms with E-state index in [0.29, 0.717) is 27.2 Å². The summed E-state index contributed by atoms with van der Waals surface area (Å²) in [7, 11) is 0. The van der Waals surface area contributed by atoms with Gasteiger partial charge in [-0.15, -0.1) is 0 Å². The second kappa shape index (κ2) is 7.86. The molecule has 1 atom stereocenters. The van der Waals surface area contributed by atoms with Gasteiger partial charge in [0.05, 0.1) is 10.8 Å². The molecule has 0 fully saturated rings. The second-order valence-corrected chi connectivity index (χ2v) is 8.71. The number of aromatic amines is 1. The van der Waals surface area contributed by atoms with Crippen LogP contribution in [0.1, 0.15) is 12.5 Å². The van der Waals surface area contributed by atoms with Crippen LogP contribution in [0.5, 0.6) is 0 Å². The molecular formula is C22H18ClN5O2S. The molecule has 2 aromatic carbocycles. The quantitative estimate of drug-likeness (QED) is 0.477. The molecule has 5 rings (SSSR count). The Bertz CT molecular complexity index is 1370. The maximum Gasteiger partial charge on any atom is 0.266 e. The van der Waals surface area contributed by atoms with Crippen molar-refractivity contribution in [2.75, 3.05) is 10.7 Å². The molecule has 0 unspecified atom stereocenters. The Balaban J connectivity index is 1.47. The third-order valence-corrected chi connectivity index (χ3v) is 6.49. The van der Waals surface area contributed by atoms with E-state index in [1.807, 2.05) is 48.2 Å². The lowest BCUT2D eigenvalue weighted by atomic mass is 10.1. The number of para-hydroxylation sites is 1. The van der Waals surface area contributed by atoms with Crippen LogP contribution in [0.3, 0.4) is 0 Å². The first-order valence-corrected chi connectivity index (χ1v) is 11.1. The average Bonchev–Trinajstić information content (AvgIpc) is 3.30. The van der Waals surface area contributed by atoms with Gasteiger partial charge in [-0.25, -0.2) is 14.5 Å². The normalized spacial score (nSPS) is 15.4. The van der Waals surface area contributed by atoms with Gasteiger partial charge in [0, 0.05) is 23.4 Å². The van der Waals surface area contributed by atoms with Gasteiger partial charge < -0.3 is 4.90 Å². The van der Waals surface area contributed by atoms with E-state index in [1.165, 1.54) is 27.9 Å². The van der Waals surface area contributed by atoms with Crippen molar-refractivity contribution in [1.29, 1.82) is 0 Å². The third-order valence-electron chi connectivity index (χ3n) is 5.24. The molecule has 0 bridgehead atoms. The molecular weight excluding hydrogens is 434 g/mol. The number of nitrogens with zero attached hydrogens (tertiary/aromatic N) is 4. The Morgan fingerprint density at radius 2 is 1.97 bits per heavy atom. The molecule has 0 radical (unpaired) electrons. The zero-order valence-electron chi connectivity index (χ0n) is 16.6. The Morgan fingerprint density at radius 1 is 1.19 bits per heavy atom. The van der Waals surface area contributed by atoms with Crippen LogP contribution in [0, 0.1) is 0 Å². The Hall–Kier alpha value is -3.10. The minimum Gasteiger partial charge on any atom is -0.308 e. The lowest BCUT2D eigenvalue weighted by Gasteiger charge is -2.22. The second-order valence-electron chi connectivity index (χ2n) is 7.36. The fourth-order valence-corrected chi connectivity index (χ4v) is 4.92. The van der Waals surface area contributed by atoms with Crippen LogP contribution >= 0.6 is 23.4 Å². The number of nitrogens with one attached hydrogen (secondary N) is 1. The summed E-state index contributed by atoms with van der Waals surface area (Å²) in [5.41, 5.74) is 2.93. The van der Waals surface area contributed by atoms with Gasteiger partial charge in [0.2, 0.25) is 5.91 Å². The zero-order valence-corrected chi connectivity index (χ0v) is 18.2. The third kappa shape index (κ3) is 3.62. The van der Waals surface area contributed by atoms with Crippen molar-refractivity contribution in [3.8, 4) is 11.4 Å². The molecule has 0 spiro atoms. The largest absolute Gasteiger partial charge is 0.308 e. The van der Waals surface area contributed by atoms with Gasteiger partial charge in [-0.3, -0.25) is 14.7 Å². The van der Waals surface area contributed by atoms with Crippen LogP contribution in [-0.2, 0) is 11.2 Å². The predicted molar refractivity (Wildman–Crippen MR) is 122 cm³/mol. The first-order valence-electron chi connectivity index (χ1n) is 9.79. The summed E-state index contributed by atoms with van der Waals surface area (Å²) in [5, 5.41) is 3.68. The van der Waals surface area contributed by atoms with E-state index in [4.69, 9.17) is 11.6 Å². The van der Waals surface area contributed by atoms with E-state index >= 15 is 0 Å². The molecule has 9 heteroatoms. The van der Waals surface area contributed by atoms with Gasteiger partial charge in [-0.2, -0.15) is 0 Å². The van der Waals surface area contributed by atoms with Crippen molar-refractivity contribution in [2.24, 2.45) is 0 Å². The van der Waals surface area contributed by atoms with E-state index in [0.717, 1.165) is 12.1 Å². The molecule has 3 heterocycles. The van der Waals surface area contributed by atoms with Crippen molar-refractivity contribution in [3.05, 3.63) is 75.5 Å². The fourth-order valence-electron chi connectivity index (χ4n) is 3.88. The number of H-pyrrole nitrogens is 1. The number of amides is 1. The SMILES string of the molecule is C[C@H]1Cc2ccccc2N1C(=O)CSc1nc(-c2ccccc2Cl)nc2cc(=O)[nH]n12. The van der Waals surface area contributed by atoms with Crippen molar-refractivity contribution >= 4 is 40.6 Å². The highest BCUT2D eigenvalue weighted by Gasteiger charge is 2.30. The molecule has 1 N–H and O–H groups in total. The first kappa shape index (κ1) is 19.8. The summed E-state index contributed by atoms with van der Waals surface area (Å²) in [6.07, 6.45) is 0.839. The Labute approximate surface area is 187 Å². The first-order chi connectivity index (χ1) is 15.0. The van der Waals surface area contributed by atoms with Crippen molar-refractivity contribution < 1.29 is 4.79 Å². The number of benzene rings is 2. The van der Waals surface area contributed by atoms with Gasteiger partial charge in [0.25, 0.3) is 5.56 Å². The van der Waals surface area contributed by atoms with E-state index in [-0.39, 0.29) is 23.3 Å². The number of aromatic nitrogens is 4. The highest BCUT2D eigenvalue weighted by molar-refractivity contribution is 7.99. The number of hydrogen-bond donors (Lipinski definition) is 1. The number of anilines is 1. The van der Waals surface area contributed by atoms with E-state index in [9.17, 15) is 9.59 Å². The van der Waals surface area contributed by atoms with Crippen LogP contribution in [-0.4, -0.2) is 37.3 Å². The number of carbonyl (C=O) groups is 1. The van der Waals surface area contributed by atoms with Gasteiger partial charge >= 0.3 is 0 Å². The molecule has 1 amide bonds. The highest BCUT2D eigenvalue weighted by Crippen LogP contribution is 2.33. The number of halogens is 1. The smallest absolute Gasteiger partial charge is 0.266 e. The van der Waals surface area contributed by atoms with E-state index in [1.54, 1.807) is 6.07 Å². The molecule has 0 saturated carbocycles. The standard InChI is InChI=1S/C22H18ClN5O2S/c1-13-10-14-6-2-5-9-17(14)27(13)20(30)12-31-22-25-21(15-7-3-4-8-16(15)23)24-18-11-19(29)26-28(18)22/h2-9,11,13H,10,12H2,1H3,(H,26,29)/t13-/m0/s1. The van der Waals surface area contributed by atoms with Crippen LogP contribution in [0.4, 0.5) is 5.69 Å². The highest BCUT2D eigenvalue weighted by atomic mass is 35.5. The van der Waals surface area contributed by atoms with Gasteiger partial charge in [-0.05, 0) is 37.1 Å². The van der Waals surface area contributed by atoms with Crippen LogP contribution in [0.15, 0.2) is 64.5 Å². The maximum absolute atomic E-state index is 13.1. The summed E-state index contributed by atoms with van der Waals surface area (Å²) >= 11 is 7.58. The average molecular weight is 452 g/mol. The fraction of sp³-hybridized carbons (Fsp3) is 0.182. The maximum atomic E-state index is 13.1. The minimum absolute atomic E-state index is 0.0111. The van der Waals surface area contributed by atoms with Crippen molar-refractivity contribution in [3.63, 3.8) is 0 Å². The minimum atomic E-state index is -0.291. The number of hydrogen-bond acceptors (Lipinski definition) is 5. The lowest BCUT2D eigenvalue weighted by Crippen LogP contribution is -2.37. The number of carbonyl (C=O) groups excluding carboxylic acids is 1.